The number of hydrogen-bond acceptors (Lipinski definition) is 3. The van der Waals surface area contributed by atoms with Gasteiger partial charge in [0.2, 0.25) is 0 Å². The van der Waals surface area contributed by atoms with Crippen LogP contribution in [0.1, 0.15) is 59.8 Å². The molecule has 1 N–H and O–H groups in total. The smallest absolute Gasteiger partial charge is 0.0702 e. The number of ether oxygens (including phenoxy) is 1. The van der Waals surface area contributed by atoms with E-state index in [9.17, 15) is 0 Å². The molecule has 1 saturated heterocycles. The van der Waals surface area contributed by atoms with Crippen molar-refractivity contribution in [2.75, 3.05) is 26.2 Å². The van der Waals surface area contributed by atoms with Gasteiger partial charge in [-0.25, -0.2) is 0 Å². The fraction of sp³-hybridized carbons (Fsp3) is 1.00. The second-order valence-electron chi connectivity index (χ2n) is 6.08. The molecule has 3 atom stereocenters. The number of piperidine rings is 1. The van der Waals surface area contributed by atoms with Gasteiger partial charge in [0.15, 0.2) is 0 Å². The standard InChI is InChI=1S/C16H34N2O/c1-5-8-14(3)17-12-15(4)18-10-7-9-16(13-18)19-11-6-2/h14-17H,5-13H2,1-4H3. The first-order chi connectivity index (χ1) is 9.17. The van der Waals surface area contributed by atoms with E-state index in [-0.39, 0.29) is 0 Å². The van der Waals surface area contributed by atoms with Gasteiger partial charge in [0.05, 0.1) is 6.10 Å². The summed E-state index contributed by atoms with van der Waals surface area (Å²) in [5.41, 5.74) is 0. The molecule has 3 unspecified atom stereocenters. The monoisotopic (exact) mass is 270 g/mol. The van der Waals surface area contributed by atoms with Crippen LogP contribution < -0.4 is 5.32 Å². The molecule has 0 saturated carbocycles. The predicted molar refractivity (Wildman–Crippen MR) is 82.7 cm³/mol. The summed E-state index contributed by atoms with van der Waals surface area (Å²) in [6.07, 6.45) is 6.65. The minimum Gasteiger partial charge on any atom is -0.377 e. The van der Waals surface area contributed by atoms with E-state index in [1.807, 2.05) is 0 Å². The molecule has 3 heteroatoms. The zero-order chi connectivity index (χ0) is 14.1. The van der Waals surface area contributed by atoms with Crippen molar-refractivity contribution in [3.8, 4) is 0 Å². The molecule has 0 aromatic carbocycles. The summed E-state index contributed by atoms with van der Waals surface area (Å²) in [6, 6.07) is 1.26. The van der Waals surface area contributed by atoms with Crippen molar-refractivity contribution in [3.05, 3.63) is 0 Å². The van der Waals surface area contributed by atoms with Crippen molar-refractivity contribution in [2.45, 2.75) is 78.0 Å². The summed E-state index contributed by atoms with van der Waals surface area (Å²) in [5, 5.41) is 3.66. The Balaban J connectivity index is 2.25. The molecule has 0 bridgehead atoms. The van der Waals surface area contributed by atoms with Crippen LogP contribution in [-0.4, -0.2) is 49.3 Å². The molecule has 1 aliphatic heterocycles. The zero-order valence-corrected chi connectivity index (χ0v) is 13.5. The number of nitrogens with one attached hydrogen (secondary N) is 1. The van der Waals surface area contributed by atoms with Crippen molar-refractivity contribution in [1.29, 1.82) is 0 Å². The Morgan fingerprint density at radius 2 is 2.05 bits per heavy atom. The van der Waals surface area contributed by atoms with Gasteiger partial charge in [-0.05, 0) is 46.1 Å². The van der Waals surface area contributed by atoms with Crippen LogP contribution in [0.15, 0.2) is 0 Å². The number of nitrogens with zero attached hydrogens (tertiary/aromatic N) is 1. The van der Waals surface area contributed by atoms with E-state index < -0.39 is 0 Å². The van der Waals surface area contributed by atoms with Gasteiger partial charge >= 0.3 is 0 Å². The third-order valence-electron chi connectivity index (χ3n) is 4.07. The predicted octanol–water partition coefficient (Wildman–Crippen LogP) is 3.04. The fourth-order valence-corrected chi connectivity index (χ4v) is 2.82. The molecule has 1 heterocycles. The van der Waals surface area contributed by atoms with Gasteiger partial charge in [0.1, 0.15) is 0 Å². The first kappa shape index (κ1) is 16.9. The normalized spacial score (nSPS) is 24.3. The average Bonchev–Trinajstić information content (AvgIpc) is 2.43. The Kier molecular flexibility index (Phi) is 8.67. The highest BCUT2D eigenvalue weighted by Gasteiger charge is 2.23. The van der Waals surface area contributed by atoms with Gasteiger partial charge in [0, 0.05) is 31.8 Å². The fourth-order valence-electron chi connectivity index (χ4n) is 2.82. The Hall–Kier alpha value is -0.120. The van der Waals surface area contributed by atoms with Gasteiger partial charge in [-0.3, -0.25) is 4.90 Å². The van der Waals surface area contributed by atoms with E-state index in [2.05, 4.69) is 37.9 Å². The molecule has 0 radical (unpaired) electrons. The molecule has 1 aliphatic rings. The number of hydrogen-bond donors (Lipinski definition) is 1. The maximum atomic E-state index is 5.91. The highest BCUT2D eigenvalue weighted by molar-refractivity contribution is 4.79. The first-order valence-electron chi connectivity index (χ1n) is 8.26. The highest BCUT2D eigenvalue weighted by Crippen LogP contribution is 2.15. The van der Waals surface area contributed by atoms with Crippen LogP contribution in [0.5, 0.6) is 0 Å². The summed E-state index contributed by atoms with van der Waals surface area (Å²) in [4.78, 5) is 2.59. The van der Waals surface area contributed by atoms with Crippen LogP contribution in [0, 0.1) is 0 Å². The Bertz CT molecular complexity index is 223. The van der Waals surface area contributed by atoms with E-state index in [1.165, 1.54) is 32.2 Å². The molecule has 0 spiro atoms. The van der Waals surface area contributed by atoms with E-state index in [1.54, 1.807) is 0 Å². The van der Waals surface area contributed by atoms with Crippen LogP contribution in [0.2, 0.25) is 0 Å². The molecule has 0 aliphatic carbocycles. The molecular weight excluding hydrogens is 236 g/mol. The van der Waals surface area contributed by atoms with Crippen LogP contribution in [0.3, 0.4) is 0 Å². The van der Waals surface area contributed by atoms with Crippen molar-refractivity contribution in [3.63, 3.8) is 0 Å². The van der Waals surface area contributed by atoms with E-state index in [4.69, 9.17) is 4.74 Å². The SMILES string of the molecule is CCCOC1CCCN(C(C)CNC(C)CCC)C1. The van der Waals surface area contributed by atoms with Crippen LogP contribution in [-0.2, 0) is 4.74 Å². The molecule has 0 amide bonds. The second-order valence-corrected chi connectivity index (χ2v) is 6.08. The lowest BCUT2D eigenvalue weighted by Gasteiger charge is -2.37. The largest absolute Gasteiger partial charge is 0.377 e. The lowest BCUT2D eigenvalue weighted by atomic mass is 10.1. The second kappa shape index (κ2) is 9.73. The lowest BCUT2D eigenvalue weighted by Crippen LogP contribution is -2.49. The molecule has 0 aromatic heterocycles. The van der Waals surface area contributed by atoms with Gasteiger partial charge in [0.25, 0.3) is 0 Å². The summed E-state index contributed by atoms with van der Waals surface area (Å²) in [7, 11) is 0. The first-order valence-corrected chi connectivity index (χ1v) is 8.26. The summed E-state index contributed by atoms with van der Waals surface area (Å²) >= 11 is 0. The van der Waals surface area contributed by atoms with E-state index in [0.717, 1.165) is 26.1 Å². The molecule has 19 heavy (non-hydrogen) atoms. The minimum absolute atomic E-state index is 0.462. The van der Waals surface area contributed by atoms with Crippen LogP contribution in [0.25, 0.3) is 0 Å². The summed E-state index contributed by atoms with van der Waals surface area (Å²) < 4.78 is 5.91. The van der Waals surface area contributed by atoms with Crippen molar-refractivity contribution in [2.24, 2.45) is 0 Å². The molecule has 0 aromatic rings. The van der Waals surface area contributed by atoms with E-state index >= 15 is 0 Å². The Labute approximate surface area is 120 Å². The molecule has 1 fully saturated rings. The zero-order valence-electron chi connectivity index (χ0n) is 13.5. The van der Waals surface area contributed by atoms with Gasteiger partial charge in [-0.15, -0.1) is 0 Å². The molecule has 3 nitrogen and oxygen atoms in total. The van der Waals surface area contributed by atoms with Crippen LogP contribution >= 0.6 is 0 Å². The molecule has 114 valence electrons. The summed E-state index contributed by atoms with van der Waals surface area (Å²) in [6.45, 7) is 13.4. The lowest BCUT2D eigenvalue weighted by molar-refractivity contribution is -0.0104. The Morgan fingerprint density at radius 1 is 1.26 bits per heavy atom. The quantitative estimate of drug-likeness (QED) is 0.697. The van der Waals surface area contributed by atoms with E-state index in [0.29, 0.717) is 18.2 Å². The molecular formula is C16H34N2O. The number of likely N-dealkylation sites (tertiary alicyclic amines) is 1. The van der Waals surface area contributed by atoms with Gasteiger partial charge in [-0.1, -0.05) is 20.3 Å². The van der Waals surface area contributed by atoms with Crippen molar-refractivity contribution in [1.82, 2.24) is 10.2 Å². The topological polar surface area (TPSA) is 24.5 Å². The minimum atomic E-state index is 0.462. The van der Waals surface area contributed by atoms with Gasteiger partial charge in [-0.2, -0.15) is 0 Å². The Morgan fingerprint density at radius 3 is 2.74 bits per heavy atom. The third-order valence-corrected chi connectivity index (χ3v) is 4.07. The maximum absolute atomic E-state index is 5.91. The third kappa shape index (κ3) is 6.73. The van der Waals surface area contributed by atoms with Crippen LogP contribution in [0.4, 0.5) is 0 Å². The number of rotatable bonds is 9. The van der Waals surface area contributed by atoms with Gasteiger partial charge < -0.3 is 10.1 Å². The maximum Gasteiger partial charge on any atom is 0.0702 e. The summed E-state index contributed by atoms with van der Waals surface area (Å²) in [5.74, 6) is 0. The van der Waals surface area contributed by atoms with Crippen molar-refractivity contribution >= 4 is 0 Å². The average molecular weight is 270 g/mol. The molecule has 1 rings (SSSR count). The highest BCUT2D eigenvalue weighted by atomic mass is 16.5. The van der Waals surface area contributed by atoms with Crippen molar-refractivity contribution < 1.29 is 4.74 Å².